The van der Waals surface area contributed by atoms with Gasteiger partial charge in [0.15, 0.2) is 0 Å². The zero-order chi connectivity index (χ0) is 18.0. The SMILES string of the molecule is CN1CCC[C@H]1CN(C(=O)O)c1ccc(F)cc1-c1cccc(Cl)c1. The first-order chi connectivity index (χ1) is 12.0. The normalized spacial score (nSPS) is 17.6. The summed E-state index contributed by atoms with van der Waals surface area (Å²) >= 11 is 6.06. The molecule has 0 unspecified atom stereocenters. The van der Waals surface area contributed by atoms with Crippen molar-refractivity contribution in [2.75, 3.05) is 25.0 Å². The molecule has 1 aliphatic heterocycles. The van der Waals surface area contributed by atoms with Crippen molar-refractivity contribution in [3.05, 3.63) is 53.3 Å². The summed E-state index contributed by atoms with van der Waals surface area (Å²) in [7, 11) is 2.00. The molecule has 2 aromatic carbocycles. The first kappa shape index (κ1) is 17.7. The molecule has 6 heteroatoms. The van der Waals surface area contributed by atoms with E-state index in [9.17, 15) is 14.3 Å². The Morgan fingerprint density at radius 3 is 2.80 bits per heavy atom. The fourth-order valence-electron chi connectivity index (χ4n) is 3.33. The first-order valence-electron chi connectivity index (χ1n) is 8.22. The van der Waals surface area contributed by atoms with Gasteiger partial charge in [-0.25, -0.2) is 9.18 Å². The molecule has 0 spiro atoms. The predicted octanol–water partition coefficient (Wildman–Crippen LogP) is 4.72. The summed E-state index contributed by atoms with van der Waals surface area (Å²) in [4.78, 5) is 15.4. The van der Waals surface area contributed by atoms with Crippen molar-refractivity contribution < 1.29 is 14.3 Å². The van der Waals surface area contributed by atoms with Gasteiger partial charge in [-0.2, -0.15) is 0 Å². The van der Waals surface area contributed by atoms with E-state index in [1.165, 1.54) is 23.1 Å². The smallest absolute Gasteiger partial charge is 0.411 e. The van der Waals surface area contributed by atoms with Crippen LogP contribution in [0.5, 0.6) is 0 Å². The molecule has 0 aliphatic carbocycles. The standard InChI is InChI=1S/C19H20ClFN2O2/c1-22-9-3-6-16(22)12-23(19(24)25)18-8-7-15(21)11-17(18)13-4-2-5-14(20)10-13/h2,4-5,7-8,10-11,16H,3,6,9,12H2,1H3,(H,24,25)/t16-/m0/s1. The van der Waals surface area contributed by atoms with Crippen LogP contribution in [0.2, 0.25) is 5.02 Å². The summed E-state index contributed by atoms with van der Waals surface area (Å²) in [5.41, 5.74) is 1.68. The minimum Gasteiger partial charge on any atom is -0.465 e. The summed E-state index contributed by atoms with van der Waals surface area (Å²) in [6.07, 6.45) is 0.961. The molecule has 1 atom stereocenters. The molecule has 4 nitrogen and oxygen atoms in total. The number of amides is 1. The Hall–Kier alpha value is -2.11. The van der Waals surface area contributed by atoms with E-state index in [0.717, 1.165) is 19.4 Å². The molecule has 132 valence electrons. The number of hydrogen-bond acceptors (Lipinski definition) is 2. The van der Waals surface area contributed by atoms with Crippen molar-refractivity contribution in [3.63, 3.8) is 0 Å². The summed E-state index contributed by atoms with van der Waals surface area (Å²) in [6.45, 7) is 1.31. The molecule has 1 aliphatic rings. The molecule has 1 fully saturated rings. The zero-order valence-corrected chi connectivity index (χ0v) is 14.7. The molecule has 1 amide bonds. The van der Waals surface area contributed by atoms with E-state index in [1.807, 2.05) is 7.05 Å². The number of benzene rings is 2. The Morgan fingerprint density at radius 2 is 2.16 bits per heavy atom. The Labute approximate surface area is 151 Å². The fourth-order valence-corrected chi connectivity index (χ4v) is 3.52. The van der Waals surface area contributed by atoms with Gasteiger partial charge >= 0.3 is 6.09 Å². The number of carboxylic acid groups (broad SMARTS) is 1. The lowest BCUT2D eigenvalue weighted by Gasteiger charge is -2.28. The molecule has 2 aromatic rings. The van der Waals surface area contributed by atoms with Crippen molar-refractivity contribution in [1.29, 1.82) is 0 Å². The molecule has 0 aromatic heterocycles. The third-order valence-electron chi connectivity index (χ3n) is 4.68. The number of rotatable bonds is 4. The van der Waals surface area contributed by atoms with Gasteiger partial charge in [-0.15, -0.1) is 0 Å². The molecule has 3 rings (SSSR count). The van der Waals surface area contributed by atoms with Gasteiger partial charge in [-0.1, -0.05) is 23.7 Å². The number of halogens is 2. The molecule has 0 saturated carbocycles. The third-order valence-corrected chi connectivity index (χ3v) is 4.92. The van der Waals surface area contributed by atoms with Crippen molar-refractivity contribution in [2.45, 2.75) is 18.9 Å². The third kappa shape index (κ3) is 3.94. The average molecular weight is 363 g/mol. The van der Waals surface area contributed by atoms with Crippen LogP contribution in [-0.4, -0.2) is 42.3 Å². The monoisotopic (exact) mass is 362 g/mol. The van der Waals surface area contributed by atoms with Crippen LogP contribution in [0.3, 0.4) is 0 Å². The van der Waals surface area contributed by atoms with E-state index >= 15 is 0 Å². The summed E-state index contributed by atoms with van der Waals surface area (Å²) in [5, 5.41) is 10.3. The Kier molecular flexibility index (Phi) is 5.25. The molecular formula is C19H20ClFN2O2. The van der Waals surface area contributed by atoms with E-state index in [4.69, 9.17) is 11.6 Å². The van der Waals surface area contributed by atoms with Crippen molar-refractivity contribution in [2.24, 2.45) is 0 Å². The molecule has 25 heavy (non-hydrogen) atoms. The number of carbonyl (C=O) groups is 1. The Morgan fingerprint density at radius 1 is 1.36 bits per heavy atom. The maximum Gasteiger partial charge on any atom is 0.411 e. The highest BCUT2D eigenvalue weighted by Crippen LogP contribution is 2.34. The summed E-state index contributed by atoms with van der Waals surface area (Å²) < 4.78 is 13.9. The highest BCUT2D eigenvalue weighted by molar-refractivity contribution is 6.30. The predicted molar refractivity (Wildman–Crippen MR) is 97.9 cm³/mol. The lowest BCUT2D eigenvalue weighted by Crippen LogP contribution is -2.41. The molecule has 0 bridgehead atoms. The van der Waals surface area contributed by atoms with E-state index in [0.29, 0.717) is 28.4 Å². The van der Waals surface area contributed by atoms with Crippen molar-refractivity contribution in [3.8, 4) is 11.1 Å². The number of anilines is 1. The maximum absolute atomic E-state index is 13.9. The van der Waals surface area contributed by atoms with Crippen LogP contribution in [0.15, 0.2) is 42.5 Å². The van der Waals surface area contributed by atoms with Crippen LogP contribution >= 0.6 is 11.6 Å². The quantitative estimate of drug-likeness (QED) is 0.855. The number of likely N-dealkylation sites (N-methyl/N-ethyl adjacent to an activating group) is 1. The molecule has 1 heterocycles. The van der Waals surface area contributed by atoms with Crippen LogP contribution in [0.1, 0.15) is 12.8 Å². The molecule has 0 radical (unpaired) electrons. The second-order valence-corrected chi connectivity index (χ2v) is 6.78. The zero-order valence-electron chi connectivity index (χ0n) is 14.0. The topological polar surface area (TPSA) is 43.8 Å². The average Bonchev–Trinajstić information content (AvgIpc) is 2.97. The van der Waals surface area contributed by atoms with Gasteiger partial charge in [0.1, 0.15) is 5.82 Å². The largest absolute Gasteiger partial charge is 0.465 e. The molecule has 1 N–H and O–H groups in total. The van der Waals surface area contributed by atoms with Crippen LogP contribution in [0.25, 0.3) is 11.1 Å². The Balaban J connectivity index is 2.02. The van der Waals surface area contributed by atoms with Gasteiger partial charge in [0, 0.05) is 23.2 Å². The second-order valence-electron chi connectivity index (χ2n) is 6.34. The highest BCUT2D eigenvalue weighted by atomic mass is 35.5. The fraction of sp³-hybridized carbons (Fsp3) is 0.316. The van der Waals surface area contributed by atoms with E-state index < -0.39 is 11.9 Å². The van der Waals surface area contributed by atoms with Gasteiger partial charge in [0.05, 0.1) is 5.69 Å². The minimum absolute atomic E-state index is 0.161. The van der Waals surface area contributed by atoms with E-state index in [-0.39, 0.29) is 6.04 Å². The molecular weight excluding hydrogens is 343 g/mol. The van der Waals surface area contributed by atoms with Gasteiger partial charge in [-0.05, 0) is 62.3 Å². The van der Waals surface area contributed by atoms with Crippen molar-refractivity contribution in [1.82, 2.24) is 4.90 Å². The van der Waals surface area contributed by atoms with Crippen LogP contribution in [0.4, 0.5) is 14.9 Å². The van der Waals surface area contributed by atoms with Crippen LogP contribution in [0, 0.1) is 5.82 Å². The van der Waals surface area contributed by atoms with Gasteiger partial charge in [0.25, 0.3) is 0 Å². The second kappa shape index (κ2) is 7.42. The number of likely N-dealkylation sites (tertiary alicyclic amines) is 1. The summed E-state index contributed by atoms with van der Waals surface area (Å²) in [6, 6.07) is 11.3. The van der Waals surface area contributed by atoms with Crippen LogP contribution in [-0.2, 0) is 0 Å². The maximum atomic E-state index is 13.9. The highest BCUT2D eigenvalue weighted by Gasteiger charge is 2.28. The lowest BCUT2D eigenvalue weighted by molar-refractivity contribution is 0.198. The van der Waals surface area contributed by atoms with Crippen molar-refractivity contribution >= 4 is 23.4 Å². The van der Waals surface area contributed by atoms with E-state index in [1.54, 1.807) is 24.3 Å². The lowest BCUT2D eigenvalue weighted by atomic mass is 10.0. The summed E-state index contributed by atoms with van der Waals surface area (Å²) in [5.74, 6) is -0.415. The van der Waals surface area contributed by atoms with E-state index in [2.05, 4.69) is 4.90 Å². The van der Waals surface area contributed by atoms with Gasteiger partial charge in [0.2, 0.25) is 0 Å². The number of nitrogens with zero attached hydrogens (tertiary/aromatic N) is 2. The van der Waals surface area contributed by atoms with Gasteiger partial charge < -0.3 is 10.0 Å². The van der Waals surface area contributed by atoms with Gasteiger partial charge in [-0.3, -0.25) is 4.90 Å². The molecule has 1 saturated heterocycles. The first-order valence-corrected chi connectivity index (χ1v) is 8.59. The number of hydrogen-bond donors (Lipinski definition) is 1. The van der Waals surface area contributed by atoms with Crippen LogP contribution < -0.4 is 4.90 Å². The minimum atomic E-state index is -1.05. The Bertz CT molecular complexity index is 784.